The van der Waals surface area contributed by atoms with Crippen LogP contribution in [-0.4, -0.2) is 17.6 Å². The number of hydrogen-bond acceptors (Lipinski definition) is 4. The fraction of sp³-hybridized carbons (Fsp3) is 0.250. The molecule has 0 amide bonds. The molecule has 0 fully saturated rings. The number of anilines is 1. The van der Waals surface area contributed by atoms with Gasteiger partial charge in [-0.3, -0.25) is 0 Å². The van der Waals surface area contributed by atoms with E-state index in [0.717, 1.165) is 5.56 Å². The first-order chi connectivity index (χ1) is 10.1. The topological polar surface area (TPSA) is 51.2 Å². The van der Waals surface area contributed by atoms with E-state index in [-0.39, 0.29) is 11.9 Å². The molecule has 0 aliphatic carbocycles. The van der Waals surface area contributed by atoms with Crippen molar-refractivity contribution >= 4 is 11.8 Å². The molecule has 1 heterocycles. The second kappa shape index (κ2) is 6.83. The molecule has 110 valence electrons. The van der Waals surface area contributed by atoms with Gasteiger partial charge in [-0.05, 0) is 43.7 Å². The first-order valence-electron chi connectivity index (χ1n) is 6.76. The Morgan fingerprint density at radius 1 is 1.38 bits per heavy atom. The van der Waals surface area contributed by atoms with Crippen LogP contribution in [0.3, 0.4) is 0 Å². The zero-order chi connectivity index (χ0) is 15.2. The third-order valence-corrected chi connectivity index (χ3v) is 3.00. The second-order valence-electron chi connectivity index (χ2n) is 4.54. The standard InChI is InChI=1S/C16H17FN2O2/c1-3-21-16(20)14-8-5-9-18-15(14)19-11(2)12-6-4-7-13(17)10-12/h4-11H,3H2,1-2H3,(H,18,19). The van der Waals surface area contributed by atoms with Crippen LogP contribution in [-0.2, 0) is 4.74 Å². The van der Waals surface area contributed by atoms with E-state index in [1.807, 2.05) is 13.0 Å². The maximum Gasteiger partial charge on any atom is 0.341 e. The van der Waals surface area contributed by atoms with E-state index >= 15 is 0 Å². The Labute approximate surface area is 123 Å². The van der Waals surface area contributed by atoms with Gasteiger partial charge in [0.1, 0.15) is 17.2 Å². The van der Waals surface area contributed by atoms with Gasteiger partial charge in [0.05, 0.1) is 12.6 Å². The Morgan fingerprint density at radius 3 is 2.90 bits per heavy atom. The van der Waals surface area contributed by atoms with Crippen LogP contribution in [0, 0.1) is 5.82 Å². The van der Waals surface area contributed by atoms with Crippen molar-refractivity contribution in [3.05, 3.63) is 59.5 Å². The number of nitrogens with one attached hydrogen (secondary N) is 1. The third-order valence-electron chi connectivity index (χ3n) is 3.00. The highest BCUT2D eigenvalue weighted by Gasteiger charge is 2.15. The first-order valence-corrected chi connectivity index (χ1v) is 6.76. The Kier molecular flexibility index (Phi) is 4.87. The summed E-state index contributed by atoms with van der Waals surface area (Å²) in [5.74, 6) is -0.306. The molecule has 0 saturated heterocycles. The molecule has 5 heteroatoms. The number of benzene rings is 1. The molecule has 4 nitrogen and oxygen atoms in total. The molecular formula is C16H17FN2O2. The molecule has 21 heavy (non-hydrogen) atoms. The normalized spacial score (nSPS) is 11.8. The number of carbonyl (C=O) groups is 1. The minimum Gasteiger partial charge on any atom is -0.462 e. The maximum absolute atomic E-state index is 13.3. The van der Waals surface area contributed by atoms with E-state index in [1.165, 1.54) is 12.1 Å². The van der Waals surface area contributed by atoms with Crippen LogP contribution in [0.1, 0.15) is 35.8 Å². The molecule has 1 atom stereocenters. The summed E-state index contributed by atoms with van der Waals surface area (Å²) in [6.07, 6.45) is 1.59. The van der Waals surface area contributed by atoms with Crippen molar-refractivity contribution < 1.29 is 13.9 Å². The average molecular weight is 288 g/mol. The van der Waals surface area contributed by atoms with Crippen molar-refractivity contribution in [1.82, 2.24) is 4.98 Å². The van der Waals surface area contributed by atoms with E-state index in [2.05, 4.69) is 10.3 Å². The van der Waals surface area contributed by atoms with Crippen molar-refractivity contribution in [2.24, 2.45) is 0 Å². The van der Waals surface area contributed by atoms with Crippen LogP contribution in [0.15, 0.2) is 42.6 Å². The molecule has 0 spiro atoms. The highest BCUT2D eigenvalue weighted by molar-refractivity contribution is 5.94. The van der Waals surface area contributed by atoms with Crippen molar-refractivity contribution in [3.63, 3.8) is 0 Å². The first kappa shape index (κ1) is 15.0. The van der Waals surface area contributed by atoms with E-state index in [1.54, 1.807) is 31.3 Å². The molecule has 0 saturated carbocycles. The summed E-state index contributed by atoms with van der Waals surface area (Å²) in [4.78, 5) is 16.0. The van der Waals surface area contributed by atoms with Gasteiger partial charge in [0.25, 0.3) is 0 Å². The number of rotatable bonds is 5. The van der Waals surface area contributed by atoms with Gasteiger partial charge in [-0.2, -0.15) is 0 Å². The highest BCUT2D eigenvalue weighted by atomic mass is 19.1. The zero-order valence-electron chi connectivity index (χ0n) is 12.0. The number of ether oxygens (including phenoxy) is 1. The van der Waals surface area contributed by atoms with Gasteiger partial charge in [-0.1, -0.05) is 12.1 Å². The molecule has 2 rings (SSSR count). The molecule has 1 N–H and O–H groups in total. The number of aromatic nitrogens is 1. The Balaban J connectivity index is 2.21. The van der Waals surface area contributed by atoms with E-state index in [4.69, 9.17) is 4.74 Å². The van der Waals surface area contributed by atoms with E-state index < -0.39 is 5.97 Å². The fourth-order valence-corrected chi connectivity index (χ4v) is 1.96. The summed E-state index contributed by atoms with van der Waals surface area (Å²) in [7, 11) is 0. The quantitative estimate of drug-likeness (QED) is 0.855. The summed E-state index contributed by atoms with van der Waals surface area (Å²) in [6, 6.07) is 9.42. The molecule has 1 unspecified atom stereocenters. The van der Waals surface area contributed by atoms with Crippen molar-refractivity contribution in [1.29, 1.82) is 0 Å². The van der Waals surface area contributed by atoms with Crippen molar-refractivity contribution in [3.8, 4) is 0 Å². The molecule has 1 aromatic heterocycles. The Hall–Kier alpha value is -2.43. The summed E-state index contributed by atoms with van der Waals surface area (Å²) in [5.41, 5.74) is 1.14. The fourth-order valence-electron chi connectivity index (χ4n) is 1.96. The lowest BCUT2D eigenvalue weighted by Gasteiger charge is -2.17. The summed E-state index contributed by atoms with van der Waals surface area (Å²) >= 11 is 0. The van der Waals surface area contributed by atoms with Crippen LogP contribution in [0.5, 0.6) is 0 Å². The van der Waals surface area contributed by atoms with Crippen LogP contribution in [0.2, 0.25) is 0 Å². The number of pyridine rings is 1. The average Bonchev–Trinajstić information content (AvgIpc) is 2.48. The monoisotopic (exact) mass is 288 g/mol. The Bertz CT molecular complexity index is 631. The van der Waals surface area contributed by atoms with Crippen LogP contribution >= 0.6 is 0 Å². The summed E-state index contributed by atoms with van der Waals surface area (Å²) in [5, 5.41) is 3.11. The molecule has 2 aromatic rings. The van der Waals surface area contributed by atoms with Gasteiger partial charge in [-0.25, -0.2) is 14.2 Å². The van der Waals surface area contributed by atoms with Crippen LogP contribution in [0.25, 0.3) is 0 Å². The van der Waals surface area contributed by atoms with Gasteiger partial charge >= 0.3 is 5.97 Å². The number of hydrogen-bond donors (Lipinski definition) is 1. The number of halogens is 1. The lowest BCUT2D eigenvalue weighted by Crippen LogP contribution is -2.14. The van der Waals surface area contributed by atoms with Crippen molar-refractivity contribution in [2.45, 2.75) is 19.9 Å². The molecule has 1 aromatic carbocycles. The Morgan fingerprint density at radius 2 is 2.19 bits per heavy atom. The maximum atomic E-state index is 13.3. The minimum atomic E-state index is -0.431. The number of nitrogens with zero attached hydrogens (tertiary/aromatic N) is 1. The summed E-state index contributed by atoms with van der Waals surface area (Å²) < 4.78 is 18.3. The predicted octanol–water partition coefficient (Wildman–Crippen LogP) is 3.57. The van der Waals surface area contributed by atoms with Crippen molar-refractivity contribution in [2.75, 3.05) is 11.9 Å². The minimum absolute atomic E-state index is 0.191. The van der Waals surface area contributed by atoms with Gasteiger partial charge in [0, 0.05) is 6.20 Å². The smallest absolute Gasteiger partial charge is 0.341 e. The third kappa shape index (κ3) is 3.78. The largest absolute Gasteiger partial charge is 0.462 e. The van der Waals surface area contributed by atoms with Gasteiger partial charge in [0.2, 0.25) is 0 Å². The van der Waals surface area contributed by atoms with E-state index in [9.17, 15) is 9.18 Å². The van der Waals surface area contributed by atoms with E-state index in [0.29, 0.717) is 18.0 Å². The molecule has 0 radical (unpaired) electrons. The zero-order valence-corrected chi connectivity index (χ0v) is 12.0. The van der Waals surface area contributed by atoms with Crippen LogP contribution < -0.4 is 5.32 Å². The van der Waals surface area contributed by atoms with Crippen LogP contribution in [0.4, 0.5) is 10.2 Å². The molecular weight excluding hydrogens is 271 g/mol. The molecule has 0 aliphatic heterocycles. The molecule has 0 aliphatic rings. The second-order valence-corrected chi connectivity index (χ2v) is 4.54. The highest BCUT2D eigenvalue weighted by Crippen LogP contribution is 2.21. The van der Waals surface area contributed by atoms with Gasteiger partial charge < -0.3 is 10.1 Å². The number of esters is 1. The molecule has 0 bridgehead atoms. The lowest BCUT2D eigenvalue weighted by molar-refractivity contribution is 0.0527. The van der Waals surface area contributed by atoms with Gasteiger partial charge in [0.15, 0.2) is 0 Å². The lowest BCUT2D eigenvalue weighted by atomic mass is 10.1. The SMILES string of the molecule is CCOC(=O)c1cccnc1NC(C)c1cccc(F)c1. The number of carbonyl (C=O) groups excluding carboxylic acids is 1. The predicted molar refractivity (Wildman–Crippen MR) is 78.6 cm³/mol. The summed E-state index contributed by atoms with van der Waals surface area (Å²) in [6.45, 7) is 3.92. The van der Waals surface area contributed by atoms with Gasteiger partial charge in [-0.15, -0.1) is 0 Å².